The molecule has 1 saturated carbocycles. The maximum absolute atomic E-state index is 11.8. The molecule has 156 valence electrons. The number of hydrogen-bond acceptors (Lipinski definition) is 3. The van der Waals surface area contributed by atoms with Gasteiger partial charge in [-0.25, -0.2) is 0 Å². The predicted molar refractivity (Wildman–Crippen MR) is 114 cm³/mol. The molecule has 0 aromatic heterocycles. The Morgan fingerprint density at radius 1 is 1.12 bits per heavy atom. The molecule has 1 rings (SSSR count). The third kappa shape index (κ3) is 4.92. The number of hydrogen-bond donors (Lipinski definition) is 2. The van der Waals surface area contributed by atoms with Crippen LogP contribution in [0.25, 0.3) is 0 Å². The van der Waals surface area contributed by atoms with E-state index in [0.717, 1.165) is 25.7 Å². The van der Waals surface area contributed by atoms with Crippen LogP contribution in [0.5, 0.6) is 0 Å². The van der Waals surface area contributed by atoms with E-state index in [0.29, 0.717) is 18.3 Å². The summed E-state index contributed by atoms with van der Waals surface area (Å²) in [6, 6.07) is 0. The van der Waals surface area contributed by atoms with Gasteiger partial charge in [-0.15, -0.1) is 0 Å². The van der Waals surface area contributed by atoms with Gasteiger partial charge in [-0.2, -0.15) is 0 Å². The SMILES string of the molecule is CC(C)[C@H]1CC[C@](C)(CCO)[C@]1(O)CCC(C)(C)O[Si](C)(C)C(C)(C)C. The molecule has 0 saturated heterocycles. The second-order valence-electron chi connectivity index (χ2n) is 11.5. The first-order valence-corrected chi connectivity index (χ1v) is 13.5. The van der Waals surface area contributed by atoms with Crippen LogP contribution in [0.4, 0.5) is 0 Å². The molecule has 0 aromatic rings. The Hall–Kier alpha value is 0.0969. The summed E-state index contributed by atoms with van der Waals surface area (Å²) in [5.74, 6) is 0.743. The first-order chi connectivity index (χ1) is 11.5. The van der Waals surface area contributed by atoms with Crippen LogP contribution in [0.15, 0.2) is 0 Å². The zero-order chi connectivity index (χ0) is 20.6. The molecular weight excluding hydrogens is 340 g/mol. The lowest BCUT2D eigenvalue weighted by Crippen LogP contribution is -2.51. The van der Waals surface area contributed by atoms with Crippen molar-refractivity contribution < 1.29 is 14.6 Å². The van der Waals surface area contributed by atoms with Crippen LogP contribution in [-0.4, -0.2) is 36.3 Å². The minimum absolute atomic E-state index is 0.146. The Kier molecular flexibility index (Phi) is 7.28. The highest BCUT2D eigenvalue weighted by atomic mass is 28.4. The molecule has 0 bridgehead atoms. The van der Waals surface area contributed by atoms with E-state index in [9.17, 15) is 10.2 Å². The van der Waals surface area contributed by atoms with Crippen LogP contribution in [0.2, 0.25) is 18.1 Å². The Labute approximate surface area is 164 Å². The second-order valence-corrected chi connectivity index (χ2v) is 16.2. The van der Waals surface area contributed by atoms with Gasteiger partial charge in [0.05, 0.1) is 11.2 Å². The van der Waals surface area contributed by atoms with Gasteiger partial charge in [0.1, 0.15) is 0 Å². The predicted octanol–water partition coefficient (Wildman–Crippen LogP) is 5.75. The highest BCUT2D eigenvalue weighted by Gasteiger charge is 2.57. The molecule has 0 heterocycles. The Bertz CT molecular complexity index is 466. The van der Waals surface area contributed by atoms with Crippen molar-refractivity contribution in [1.82, 2.24) is 0 Å². The molecule has 4 heteroatoms. The largest absolute Gasteiger partial charge is 0.412 e. The highest BCUT2D eigenvalue weighted by Crippen LogP contribution is 2.57. The van der Waals surface area contributed by atoms with Crippen molar-refractivity contribution in [3.63, 3.8) is 0 Å². The molecule has 26 heavy (non-hydrogen) atoms. The van der Waals surface area contributed by atoms with Crippen molar-refractivity contribution in [2.45, 2.75) is 117 Å². The fraction of sp³-hybridized carbons (Fsp3) is 1.00. The van der Waals surface area contributed by atoms with E-state index in [-0.39, 0.29) is 22.7 Å². The highest BCUT2D eigenvalue weighted by molar-refractivity contribution is 6.74. The van der Waals surface area contributed by atoms with Gasteiger partial charge in [-0.05, 0) is 81.3 Å². The Balaban J connectivity index is 2.98. The number of aliphatic hydroxyl groups is 2. The van der Waals surface area contributed by atoms with Crippen molar-refractivity contribution in [1.29, 1.82) is 0 Å². The van der Waals surface area contributed by atoms with Crippen molar-refractivity contribution >= 4 is 8.32 Å². The van der Waals surface area contributed by atoms with E-state index in [4.69, 9.17) is 4.43 Å². The average molecular weight is 387 g/mol. The minimum Gasteiger partial charge on any atom is -0.412 e. The fourth-order valence-electron chi connectivity index (χ4n) is 4.72. The standard InChI is InChI=1S/C22H46O3Si/c1-17(2)18-11-12-21(8,15-16-23)22(18,24)14-13-20(6,7)25-26(9,10)19(3,4)5/h17-18,23-24H,11-16H2,1-10H3/t18-,21-,22+/m1/s1. The zero-order valence-corrected chi connectivity index (χ0v) is 20.2. The van der Waals surface area contributed by atoms with E-state index in [1.165, 1.54) is 0 Å². The van der Waals surface area contributed by atoms with Crippen LogP contribution < -0.4 is 0 Å². The van der Waals surface area contributed by atoms with Gasteiger partial charge < -0.3 is 14.6 Å². The third-order valence-corrected chi connectivity index (χ3v) is 12.3. The third-order valence-electron chi connectivity index (χ3n) is 7.58. The molecule has 1 fully saturated rings. The first-order valence-electron chi connectivity index (χ1n) is 10.5. The maximum atomic E-state index is 11.8. The van der Waals surface area contributed by atoms with E-state index in [2.05, 4.69) is 68.5 Å². The summed E-state index contributed by atoms with van der Waals surface area (Å²) in [4.78, 5) is 0. The van der Waals surface area contributed by atoms with Crippen molar-refractivity contribution in [3.05, 3.63) is 0 Å². The summed E-state index contributed by atoms with van der Waals surface area (Å²) >= 11 is 0. The fourth-order valence-corrected chi connectivity index (χ4v) is 6.51. The molecular formula is C22H46O3Si. The summed E-state index contributed by atoms with van der Waals surface area (Å²) in [6.07, 6.45) is 4.31. The molecule has 0 aromatic carbocycles. The van der Waals surface area contributed by atoms with E-state index in [1.807, 2.05) is 0 Å². The van der Waals surface area contributed by atoms with Gasteiger partial charge in [-0.3, -0.25) is 0 Å². The molecule has 0 aliphatic heterocycles. The molecule has 0 amide bonds. The van der Waals surface area contributed by atoms with Crippen LogP contribution >= 0.6 is 0 Å². The summed E-state index contributed by atoms with van der Waals surface area (Å²) in [6.45, 7) is 22.5. The summed E-state index contributed by atoms with van der Waals surface area (Å²) in [7, 11) is -1.85. The minimum atomic E-state index is -1.85. The van der Waals surface area contributed by atoms with Gasteiger partial charge in [-0.1, -0.05) is 41.5 Å². The summed E-state index contributed by atoms with van der Waals surface area (Å²) in [5, 5.41) is 21.6. The van der Waals surface area contributed by atoms with Crippen LogP contribution in [-0.2, 0) is 4.43 Å². The topological polar surface area (TPSA) is 49.7 Å². The van der Waals surface area contributed by atoms with E-state index < -0.39 is 13.9 Å². The summed E-state index contributed by atoms with van der Waals surface area (Å²) < 4.78 is 6.70. The van der Waals surface area contributed by atoms with Crippen LogP contribution in [0.3, 0.4) is 0 Å². The molecule has 1 aliphatic carbocycles. The van der Waals surface area contributed by atoms with Crippen molar-refractivity contribution in [2.75, 3.05) is 6.61 Å². The monoisotopic (exact) mass is 386 g/mol. The number of rotatable bonds is 8. The quantitative estimate of drug-likeness (QED) is 0.522. The van der Waals surface area contributed by atoms with E-state index in [1.54, 1.807) is 0 Å². The Morgan fingerprint density at radius 2 is 1.65 bits per heavy atom. The molecule has 2 N–H and O–H groups in total. The second kappa shape index (κ2) is 7.85. The van der Waals surface area contributed by atoms with Gasteiger partial charge in [0.2, 0.25) is 0 Å². The number of aliphatic hydroxyl groups excluding tert-OH is 1. The van der Waals surface area contributed by atoms with Gasteiger partial charge in [0.15, 0.2) is 8.32 Å². The average Bonchev–Trinajstić information content (AvgIpc) is 2.68. The van der Waals surface area contributed by atoms with Crippen LogP contribution in [0, 0.1) is 17.3 Å². The van der Waals surface area contributed by atoms with Crippen molar-refractivity contribution in [2.24, 2.45) is 17.3 Å². The first kappa shape index (κ1) is 24.1. The molecule has 1 aliphatic rings. The van der Waals surface area contributed by atoms with Gasteiger partial charge in [0.25, 0.3) is 0 Å². The zero-order valence-electron chi connectivity index (χ0n) is 19.2. The lowest BCUT2D eigenvalue weighted by Gasteiger charge is -2.47. The van der Waals surface area contributed by atoms with E-state index >= 15 is 0 Å². The van der Waals surface area contributed by atoms with Gasteiger partial charge in [0, 0.05) is 6.61 Å². The lowest BCUT2D eigenvalue weighted by atomic mass is 9.65. The molecule has 0 unspecified atom stereocenters. The molecule has 0 spiro atoms. The smallest absolute Gasteiger partial charge is 0.192 e. The summed E-state index contributed by atoms with van der Waals surface area (Å²) in [5.41, 5.74) is -1.18. The normalized spacial score (nSPS) is 31.0. The maximum Gasteiger partial charge on any atom is 0.192 e. The van der Waals surface area contributed by atoms with Gasteiger partial charge >= 0.3 is 0 Å². The molecule has 3 nitrogen and oxygen atoms in total. The molecule has 0 radical (unpaired) electrons. The van der Waals surface area contributed by atoms with Crippen molar-refractivity contribution in [3.8, 4) is 0 Å². The molecule has 3 atom stereocenters. The lowest BCUT2D eigenvalue weighted by molar-refractivity contribution is -0.117. The van der Waals surface area contributed by atoms with Crippen LogP contribution in [0.1, 0.15) is 87.5 Å². The Morgan fingerprint density at radius 3 is 2.08 bits per heavy atom.